The van der Waals surface area contributed by atoms with E-state index in [2.05, 4.69) is 10.3 Å². The van der Waals surface area contributed by atoms with Crippen molar-refractivity contribution in [2.24, 2.45) is 0 Å². The number of para-hydroxylation sites is 1. The van der Waals surface area contributed by atoms with Gasteiger partial charge in [-0.3, -0.25) is 9.36 Å². The van der Waals surface area contributed by atoms with Gasteiger partial charge in [0, 0.05) is 17.3 Å². The summed E-state index contributed by atoms with van der Waals surface area (Å²) in [6.07, 6.45) is 0. The summed E-state index contributed by atoms with van der Waals surface area (Å²) in [6.45, 7) is 5.85. The van der Waals surface area contributed by atoms with Gasteiger partial charge in [-0.15, -0.1) is 0 Å². The summed E-state index contributed by atoms with van der Waals surface area (Å²) < 4.78 is 1.68. The van der Waals surface area contributed by atoms with Gasteiger partial charge in [-0.05, 0) is 50.6 Å². The van der Waals surface area contributed by atoms with Crippen LogP contribution < -0.4 is 11.0 Å². The number of benzene rings is 2. The smallest absolute Gasteiger partial charge is 0.322 e. The predicted molar refractivity (Wildman–Crippen MR) is 92.1 cm³/mol. The Labute approximate surface area is 134 Å². The molecule has 1 heterocycles. The van der Waals surface area contributed by atoms with Gasteiger partial charge in [0.1, 0.15) is 0 Å². The van der Waals surface area contributed by atoms with Gasteiger partial charge in [0.05, 0.1) is 11.0 Å². The molecule has 5 heteroatoms. The van der Waals surface area contributed by atoms with E-state index in [1.807, 2.05) is 45.0 Å². The van der Waals surface area contributed by atoms with Crippen LogP contribution in [0.1, 0.15) is 35.8 Å². The second-order valence-electron chi connectivity index (χ2n) is 5.89. The van der Waals surface area contributed by atoms with Crippen molar-refractivity contribution in [1.82, 2.24) is 9.55 Å². The molecule has 2 aromatic carbocycles. The van der Waals surface area contributed by atoms with E-state index < -0.39 is 0 Å². The molecule has 0 aliphatic carbocycles. The molecule has 3 rings (SSSR count). The average Bonchev–Trinajstić information content (AvgIpc) is 2.84. The van der Waals surface area contributed by atoms with E-state index in [1.54, 1.807) is 22.8 Å². The van der Waals surface area contributed by atoms with Gasteiger partial charge in [0.25, 0.3) is 5.91 Å². The third kappa shape index (κ3) is 2.77. The number of imidazole rings is 1. The van der Waals surface area contributed by atoms with Crippen LogP contribution in [0, 0.1) is 6.92 Å². The Hall–Kier alpha value is -2.82. The molecule has 23 heavy (non-hydrogen) atoms. The number of aryl methyl sites for hydroxylation is 1. The van der Waals surface area contributed by atoms with Crippen molar-refractivity contribution in [1.29, 1.82) is 0 Å². The molecule has 0 spiro atoms. The number of hydrogen-bond donors (Lipinski definition) is 2. The number of aromatic amines is 1. The fraction of sp³-hybridized carbons (Fsp3) is 0.222. The number of nitrogens with one attached hydrogen (secondary N) is 2. The van der Waals surface area contributed by atoms with Gasteiger partial charge in [0.15, 0.2) is 0 Å². The van der Waals surface area contributed by atoms with Crippen LogP contribution in [0.5, 0.6) is 0 Å². The molecule has 3 aromatic rings. The fourth-order valence-corrected chi connectivity index (χ4v) is 2.69. The lowest BCUT2D eigenvalue weighted by molar-refractivity contribution is 0.102. The number of H-pyrrole nitrogens is 1. The summed E-state index contributed by atoms with van der Waals surface area (Å²) in [7, 11) is 0. The molecule has 0 atom stereocenters. The Morgan fingerprint density at radius 2 is 1.91 bits per heavy atom. The molecule has 0 saturated carbocycles. The second kappa shape index (κ2) is 5.76. The fourth-order valence-electron chi connectivity index (χ4n) is 2.69. The molecule has 0 fully saturated rings. The van der Waals surface area contributed by atoms with Gasteiger partial charge >= 0.3 is 5.69 Å². The minimum atomic E-state index is -0.195. The van der Waals surface area contributed by atoms with Crippen LogP contribution >= 0.6 is 0 Å². The molecular weight excluding hydrogens is 290 g/mol. The first-order chi connectivity index (χ1) is 11.0. The highest BCUT2D eigenvalue weighted by molar-refractivity contribution is 6.06. The number of fused-ring (bicyclic) bond motifs is 1. The number of rotatable bonds is 3. The maximum Gasteiger partial charge on any atom is 0.326 e. The van der Waals surface area contributed by atoms with Gasteiger partial charge < -0.3 is 10.3 Å². The summed E-state index contributed by atoms with van der Waals surface area (Å²) >= 11 is 0. The van der Waals surface area contributed by atoms with Crippen LogP contribution in [0.3, 0.4) is 0 Å². The molecule has 0 aliphatic heterocycles. The van der Waals surface area contributed by atoms with Crippen LogP contribution in [0.15, 0.2) is 47.3 Å². The lowest BCUT2D eigenvalue weighted by Crippen LogP contribution is -2.18. The van der Waals surface area contributed by atoms with Crippen LogP contribution in [0.4, 0.5) is 5.69 Å². The topological polar surface area (TPSA) is 66.9 Å². The van der Waals surface area contributed by atoms with E-state index in [-0.39, 0.29) is 17.6 Å². The van der Waals surface area contributed by atoms with Crippen molar-refractivity contribution in [2.75, 3.05) is 5.32 Å². The summed E-state index contributed by atoms with van der Waals surface area (Å²) in [5, 5.41) is 2.90. The number of aromatic nitrogens is 2. The van der Waals surface area contributed by atoms with E-state index in [1.165, 1.54) is 0 Å². The van der Waals surface area contributed by atoms with Crippen molar-refractivity contribution < 1.29 is 4.79 Å². The maximum absolute atomic E-state index is 12.4. The van der Waals surface area contributed by atoms with Gasteiger partial charge in [-0.2, -0.15) is 0 Å². The average molecular weight is 309 g/mol. The third-order valence-corrected chi connectivity index (χ3v) is 3.89. The SMILES string of the molecule is Cc1ccccc1NC(=O)c1ccc2c(c1)[nH]c(=O)n2C(C)C. The molecule has 1 amide bonds. The second-order valence-corrected chi connectivity index (χ2v) is 5.89. The van der Waals surface area contributed by atoms with Crippen molar-refractivity contribution >= 4 is 22.6 Å². The van der Waals surface area contributed by atoms with Crippen molar-refractivity contribution in [3.8, 4) is 0 Å². The molecule has 5 nitrogen and oxygen atoms in total. The van der Waals surface area contributed by atoms with Crippen molar-refractivity contribution in [2.45, 2.75) is 26.8 Å². The summed E-state index contributed by atoms with van der Waals surface area (Å²) in [4.78, 5) is 27.2. The molecule has 2 N–H and O–H groups in total. The summed E-state index contributed by atoms with van der Waals surface area (Å²) in [5.41, 5.74) is 3.61. The van der Waals surface area contributed by atoms with Crippen molar-refractivity contribution in [3.05, 3.63) is 64.1 Å². The Morgan fingerprint density at radius 3 is 2.61 bits per heavy atom. The van der Waals surface area contributed by atoms with Crippen LogP contribution in [0.2, 0.25) is 0 Å². The minimum Gasteiger partial charge on any atom is -0.322 e. The Balaban J connectivity index is 1.96. The molecular formula is C18H19N3O2. The van der Waals surface area contributed by atoms with E-state index in [0.717, 1.165) is 16.8 Å². The zero-order chi connectivity index (χ0) is 16.6. The van der Waals surface area contributed by atoms with Crippen LogP contribution in [-0.4, -0.2) is 15.5 Å². The first kappa shape index (κ1) is 15.1. The zero-order valence-electron chi connectivity index (χ0n) is 13.4. The summed E-state index contributed by atoms with van der Waals surface area (Å²) in [5.74, 6) is -0.195. The van der Waals surface area contributed by atoms with Crippen molar-refractivity contribution in [3.63, 3.8) is 0 Å². The quantitative estimate of drug-likeness (QED) is 0.778. The van der Waals surface area contributed by atoms with Crippen LogP contribution in [0.25, 0.3) is 11.0 Å². The van der Waals surface area contributed by atoms with Gasteiger partial charge in [-0.25, -0.2) is 4.79 Å². The van der Waals surface area contributed by atoms with Gasteiger partial charge in [0.2, 0.25) is 0 Å². The minimum absolute atomic E-state index is 0.0582. The highest BCUT2D eigenvalue weighted by Gasteiger charge is 2.13. The molecule has 0 unspecified atom stereocenters. The first-order valence-electron chi connectivity index (χ1n) is 7.58. The largest absolute Gasteiger partial charge is 0.326 e. The lowest BCUT2D eigenvalue weighted by atomic mass is 10.1. The number of anilines is 1. The number of hydrogen-bond acceptors (Lipinski definition) is 2. The zero-order valence-corrected chi connectivity index (χ0v) is 13.4. The van der Waals surface area contributed by atoms with E-state index in [4.69, 9.17) is 0 Å². The van der Waals surface area contributed by atoms with E-state index in [0.29, 0.717) is 11.1 Å². The van der Waals surface area contributed by atoms with E-state index in [9.17, 15) is 9.59 Å². The Kier molecular flexibility index (Phi) is 3.78. The maximum atomic E-state index is 12.4. The Morgan fingerprint density at radius 1 is 1.17 bits per heavy atom. The molecule has 0 bridgehead atoms. The molecule has 0 radical (unpaired) electrons. The highest BCUT2D eigenvalue weighted by Crippen LogP contribution is 2.18. The first-order valence-corrected chi connectivity index (χ1v) is 7.58. The van der Waals surface area contributed by atoms with E-state index >= 15 is 0 Å². The lowest BCUT2D eigenvalue weighted by Gasteiger charge is -2.09. The number of nitrogens with zero attached hydrogens (tertiary/aromatic N) is 1. The predicted octanol–water partition coefficient (Wildman–Crippen LogP) is 3.47. The standard InChI is InChI=1S/C18H19N3O2/c1-11(2)21-16-9-8-13(10-15(16)20-18(21)23)17(22)19-14-7-5-4-6-12(14)3/h4-11H,1-3H3,(H,19,22)(H,20,23). The summed E-state index contributed by atoms with van der Waals surface area (Å²) in [6, 6.07) is 12.9. The third-order valence-electron chi connectivity index (χ3n) is 3.89. The molecule has 118 valence electrons. The monoisotopic (exact) mass is 309 g/mol. The molecule has 0 saturated heterocycles. The van der Waals surface area contributed by atoms with Gasteiger partial charge in [-0.1, -0.05) is 18.2 Å². The number of amides is 1. The normalized spacial score (nSPS) is 11.1. The molecule has 1 aromatic heterocycles. The molecule has 0 aliphatic rings. The number of carbonyl (C=O) groups excluding carboxylic acids is 1. The highest BCUT2D eigenvalue weighted by atomic mass is 16.2. The number of carbonyl (C=O) groups is 1. The van der Waals surface area contributed by atoms with Crippen LogP contribution in [-0.2, 0) is 0 Å². The Bertz CT molecular complexity index is 935.